The van der Waals surface area contributed by atoms with Crippen molar-refractivity contribution in [1.29, 1.82) is 0 Å². The molecule has 2 rings (SSSR count). The zero-order valence-corrected chi connectivity index (χ0v) is 12.9. The van der Waals surface area contributed by atoms with Crippen LogP contribution in [0.3, 0.4) is 0 Å². The highest BCUT2D eigenvalue weighted by atomic mass is 127. The van der Waals surface area contributed by atoms with Crippen molar-refractivity contribution < 1.29 is 9.59 Å². The van der Waals surface area contributed by atoms with Crippen LogP contribution in [0.2, 0.25) is 0 Å². The second-order valence-corrected chi connectivity index (χ2v) is 5.72. The van der Waals surface area contributed by atoms with Gasteiger partial charge in [0, 0.05) is 9.49 Å². The van der Waals surface area contributed by atoms with Crippen LogP contribution in [0.15, 0.2) is 24.3 Å². The molecule has 0 atom stereocenters. The molecule has 0 saturated heterocycles. The van der Waals surface area contributed by atoms with Crippen LogP contribution in [0.5, 0.6) is 0 Å². The number of halogens is 1. The highest BCUT2D eigenvalue weighted by Gasteiger charge is 2.30. The molecule has 1 aliphatic carbocycles. The van der Waals surface area contributed by atoms with Crippen LogP contribution in [-0.4, -0.2) is 16.9 Å². The van der Waals surface area contributed by atoms with Crippen LogP contribution in [-0.2, 0) is 4.79 Å². The quantitative estimate of drug-likeness (QED) is 0.406. The first kappa shape index (κ1) is 14.2. The van der Waals surface area contributed by atoms with E-state index in [4.69, 9.17) is 12.2 Å². The second kappa shape index (κ2) is 6.29. The molecule has 2 amide bonds. The molecule has 7 heteroatoms. The van der Waals surface area contributed by atoms with Crippen molar-refractivity contribution in [1.82, 2.24) is 16.2 Å². The summed E-state index contributed by atoms with van der Waals surface area (Å²) in [4.78, 5) is 23.3. The van der Waals surface area contributed by atoms with E-state index in [1.165, 1.54) is 0 Å². The molecule has 3 N–H and O–H groups in total. The number of thiocarbonyl (C=S) groups is 1. The fourth-order valence-electron chi connectivity index (χ4n) is 1.42. The minimum absolute atomic E-state index is 0.0746. The van der Waals surface area contributed by atoms with Crippen molar-refractivity contribution in [2.75, 3.05) is 0 Å². The molecule has 1 fully saturated rings. The van der Waals surface area contributed by atoms with Crippen molar-refractivity contribution >= 4 is 51.7 Å². The Bertz CT molecular complexity index is 531. The summed E-state index contributed by atoms with van der Waals surface area (Å²) in [6.07, 6.45) is 1.81. The lowest BCUT2D eigenvalue weighted by Gasteiger charge is -2.11. The molecule has 1 aliphatic rings. The van der Waals surface area contributed by atoms with Gasteiger partial charge in [-0.25, -0.2) is 0 Å². The van der Waals surface area contributed by atoms with E-state index in [1.54, 1.807) is 12.1 Å². The molecule has 1 aromatic rings. The smallest absolute Gasteiger partial charge is 0.270 e. The number of amides is 2. The summed E-state index contributed by atoms with van der Waals surface area (Å²) in [6.45, 7) is 0. The van der Waals surface area contributed by atoms with E-state index in [9.17, 15) is 9.59 Å². The lowest BCUT2D eigenvalue weighted by molar-refractivity contribution is -0.120. The van der Waals surface area contributed by atoms with Crippen molar-refractivity contribution in [3.63, 3.8) is 0 Å². The number of rotatable bonds is 2. The Balaban J connectivity index is 1.81. The molecule has 0 aromatic heterocycles. The highest BCUT2D eigenvalue weighted by Crippen LogP contribution is 2.28. The number of carbonyl (C=O) groups is 2. The Kier molecular flexibility index (Phi) is 4.70. The predicted molar refractivity (Wildman–Crippen MR) is 83.2 cm³/mol. The molecular formula is C12H12IN3O2S. The van der Waals surface area contributed by atoms with Gasteiger partial charge >= 0.3 is 0 Å². The third-order valence-electron chi connectivity index (χ3n) is 2.59. The summed E-state index contributed by atoms with van der Waals surface area (Å²) >= 11 is 7.00. The van der Waals surface area contributed by atoms with Crippen molar-refractivity contribution in [3.8, 4) is 0 Å². The van der Waals surface area contributed by atoms with Crippen molar-refractivity contribution in [3.05, 3.63) is 33.4 Å². The summed E-state index contributed by atoms with van der Waals surface area (Å²) in [5.41, 5.74) is 5.52. The van der Waals surface area contributed by atoms with Crippen LogP contribution in [0.1, 0.15) is 23.2 Å². The molecule has 1 aromatic carbocycles. The van der Waals surface area contributed by atoms with E-state index in [0.29, 0.717) is 5.56 Å². The Morgan fingerprint density at radius 3 is 2.53 bits per heavy atom. The minimum atomic E-state index is -0.298. The summed E-state index contributed by atoms with van der Waals surface area (Å²) in [7, 11) is 0. The standard InChI is InChI=1S/C12H12IN3O2S/c13-9-4-2-1-3-8(9)11(18)15-16-12(19)14-10(17)7-5-6-7/h1-4,7H,5-6H2,(H,15,18)(H2,14,16,17,19). The summed E-state index contributed by atoms with van der Waals surface area (Å²) < 4.78 is 0.840. The van der Waals surface area contributed by atoms with Crippen molar-refractivity contribution in [2.24, 2.45) is 5.92 Å². The van der Waals surface area contributed by atoms with Crippen LogP contribution in [0.4, 0.5) is 0 Å². The minimum Gasteiger partial charge on any atom is -0.302 e. The molecule has 1 saturated carbocycles. The SMILES string of the molecule is O=C(NNC(=S)NC(=O)C1CC1)c1ccccc1I. The molecule has 5 nitrogen and oxygen atoms in total. The monoisotopic (exact) mass is 389 g/mol. The van der Waals surface area contributed by atoms with Crippen LogP contribution in [0, 0.1) is 9.49 Å². The summed E-state index contributed by atoms with van der Waals surface area (Å²) in [6, 6.07) is 7.18. The largest absolute Gasteiger partial charge is 0.302 e. The zero-order valence-electron chi connectivity index (χ0n) is 9.90. The van der Waals surface area contributed by atoms with Gasteiger partial charge in [0.15, 0.2) is 5.11 Å². The van der Waals surface area contributed by atoms with E-state index >= 15 is 0 Å². The van der Waals surface area contributed by atoms with E-state index in [2.05, 4.69) is 38.8 Å². The Morgan fingerprint density at radius 2 is 1.89 bits per heavy atom. The van der Waals surface area contributed by atoms with Crippen LogP contribution in [0.25, 0.3) is 0 Å². The Labute approximate surface area is 129 Å². The van der Waals surface area contributed by atoms with Gasteiger partial charge in [-0.15, -0.1) is 0 Å². The summed E-state index contributed by atoms with van der Waals surface area (Å²) in [5, 5.41) is 2.64. The average Bonchev–Trinajstić information content (AvgIpc) is 3.20. The van der Waals surface area contributed by atoms with Gasteiger partial charge in [0.1, 0.15) is 0 Å². The van der Waals surface area contributed by atoms with E-state index in [-0.39, 0.29) is 22.8 Å². The molecule has 0 spiro atoms. The molecule has 100 valence electrons. The molecule has 19 heavy (non-hydrogen) atoms. The number of hydrazine groups is 1. The van der Waals surface area contributed by atoms with Crippen molar-refractivity contribution in [2.45, 2.75) is 12.8 Å². The first-order valence-corrected chi connectivity index (χ1v) is 7.22. The molecule has 0 bridgehead atoms. The van der Waals surface area contributed by atoms with Crippen LogP contribution < -0.4 is 16.2 Å². The third-order valence-corrected chi connectivity index (χ3v) is 3.74. The number of nitrogens with one attached hydrogen (secondary N) is 3. The average molecular weight is 389 g/mol. The molecule has 0 unspecified atom stereocenters. The first-order chi connectivity index (χ1) is 9.08. The van der Waals surface area contributed by atoms with Gasteiger partial charge in [0.25, 0.3) is 5.91 Å². The van der Waals surface area contributed by atoms with Gasteiger partial charge in [-0.2, -0.15) is 0 Å². The van der Waals surface area contributed by atoms with Gasteiger partial charge in [-0.3, -0.25) is 20.4 Å². The molecule has 0 radical (unpaired) electrons. The Morgan fingerprint density at radius 1 is 1.21 bits per heavy atom. The fraction of sp³-hybridized carbons (Fsp3) is 0.250. The fourth-order valence-corrected chi connectivity index (χ4v) is 2.20. The van der Waals surface area contributed by atoms with Gasteiger partial charge in [0.2, 0.25) is 5.91 Å². The van der Waals surface area contributed by atoms with E-state index < -0.39 is 0 Å². The normalized spacial score (nSPS) is 13.5. The van der Waals surface area contributed by atoms with Gasteiger partial charge in [0.05, 0.1) is 5.56 Å². The zero-order chi connectivity index (χ0) is 13.8. The predicted octanol–water partition coefficient (Wildman–Crippen LogP) is 1.34. The molecular weight excluding hydrogens is 377 g/mol. The van der Waals surface area contributed by atoms with E-state index in [1.807, 2.05) is 12.1 Å². The number of benzene rings is 1. The molecule has 0 heterocycles. The van der Waals surface area contributed by atoms with Crippen LogP contribution >= 0.6 is 34.8 Å². The third kappa shape index (κ3) is 4.13. The number of carbonyl (C=O) groups excluding carboxylic acids is 2. The van der Waals surface area contributed by atoms with Gasteiger partial charge in [-0.1, -0.05) is 12.1 Å². The maximum absolute atomic E-state index is 11.9. The maximum Gasteiger partial charge on any atom is 0.270 e. The lowest BCUT2D eigenvalue weighted by atomic mass is 10.2. The number of hydrogen-bond acceptors (Lipinski definition) is 3. The Hall–Kier alpha value is -1.22. The topological polar surface area (TPSA) is 70.2 Å². The van der Waals surface area contributed by atoms with E-state index in [0.717, 1.165) is 16.4 Å². The van der Waals surface area contributed by atoms with Gasteiger partial charge < -0.3 is 5.32 Å². The molecule has 0 aliphatic heterocycles. The maximum atomic E-state index is 11.9. The second-order valence-electron chi connectivity index (χ2n) is 4.15. The summed E-state index contributed by atoms with van der Waals surface area (Å²) in [5.74, 6) is -0.320. The first-order valence-electron chi connectivity index (χ1n) is 5.73. The number of hydrogen-bond donors (Lipinski definition) is 3. The lowest BCUT2D eigenvalue weighted by Crippen LogP contribution is -2.48. The highest BCUT2D eigenvalue weighted by molar-refractivity contribution is 14.1. The van der Waals surface area contributed by atoms with Gasteiger partial charge in [-0.05, 0) is 59.8 Å².